The third-order valence-corrected chi connectivity index (χ3v) is 7.56. The van der Waals surface area contributed by atoms with Gasteiger partial charge in [-0.2, -0.15) is 0 Å². The zero-order valence-corrected chi connectivity index (χ0v) is 21.9. The van der Waals surface area contributed by atoms with E-state index in [1.54, 1.807) is 11.8 Å². The monoisotopic (exact) mass is 532 g/mol. The second-order valence-electron chi connectivity index (χ2n) is 8.75. The minimum absolute atomic E-state index is 0.160. The van der Waals surface area contributed by atoms with E-state index in [1.165, 1.54) is 0 Å². The average molecular weight is 533 g/mol. The highest BCUT2D eigenvalue weighted by molar-refractivity contribution is 7.84. The molecule has 1 atom stereocenters. The molecule has 6 rings (SSSR count). The van der Waals surface area contributed by atoms with E-state index in [0.717, 1.165) is 33.8 Å². The van der Waals surface area contributed by atoms with Gasteiger partial charge in [0.2, 0.25) is 5.89 Å². The van der Waals surface area contributed by atoms with Crippen LogP contribution >= 0.6 is 0 Å². The smallest absolute Gasteiger partial charge is 0.208 e. The number of rotatable bonds is 8. The van der Waals surface area contributed by atoms with E-state index in [9.17, 15) is 4.21 Å². The molecule has 0 N–H and O–H groups in total. The van der Waals surface area contributed by atoms with Crippen molar-refractivity contribution in [2.45, 2.75) is 10.6 Å². The van der Waals surface area contributed by atoms with Crippen molar-refractivity contribution in [3.05, 3.63) is 121 Å². The van der Waals surface area contributed by atoms with Gasteiger partial charge in [-0.3, -0.25) is 4.21 Å². The Morgan fingerprint density at radius 2 is 1.49 bits per heavy atom. The molecule has 4 aromatic carbocycles. The highest BCUT2D eigenvalue weighted by atomic mass is 32.2. The number of methoxy groups -OCH3 is 1. The molecule has 0 spiro atoms. The molecule has 7 nitrogen and oxygen atoms in total. The molecule has 8 heteroatoms. The topological polar surface area (TPSA) is 83.0 Å². The Kier molecular flexibility index (Phi) is 6.84. The summed E-state index contributed by atoms with van der Waals surface area (Å²) < 4.78 is 26.6. The lowest BCUT2D eigenvalue weighted by atomic mass is 10.1. The van der Waals surface area contributed by atoms with Crippen LogP contribution in [0.5, 0.6) is 5.75 Å². The van der Waals surface area contributed by atoms with Crippen LogP contribution in [0.2, 0.25) is 0 Å². The van der Waals surface area contributed by atoms with Crippen molar-refractivity contribution >= 4 is 10.8 Å². The van der Waals surface area contributed by atoms with E-state index in [0.29, 0.717) is 22.2 Å². The van der Waals surface area contributed by atoms with Gasteiger partial charge in [0, 0.05) is 21.6 Å². The van der Waals surface area contributed by atoms with Gasteiger partial charge in [0.05, 0.1) is 29.8 Å². The van der Waals surface area contributed by atoms with E-state index in [4.69, 9.17) is 14.1 Å². The SMILES string of the molecule is COc1ccccc1-c1cn(-c2ccc(S(=O)Cc3nc(-c4ccccc4)c(-c4ccccc4)o3)cc2)nn1. The minimum Gasteiger partial charge on any atom is -0.496 e. The van der Waals surface area contributed by atoms with Gasteiger partial charge in [-0.15, -0.1) is 5.10 Å². The fourth-order valence-corrected chi connectivity index (χ4v) is 5.27. The van der Waals surface area contributed by atoms with Crippen LogP contribution < -0.4 is 4.74 Å². The molecule has 2 heterocycles. The molecule has 0 amide bonds. The maximum Gasteiger partial charge on any atom is 0.208 e. The van der Waals surface area contributed by atoms with Gasteiger partial charge < -0.3 is 9.15 Å². The van der Waals surface area contributed by atoms with Crippen LogP contribution in [-0.2, 0) is 16.6 Å². The summed E-state index contributed by atoms with van der Waals surface area (Å²) in [5.74, 6) is 1.98. The zero-order valence-electron chi connectivity index (χ0n) is 21.1. The minimum atomic E-state index is -1.35. The first-order valence-electron chi connectivity index (χ1n) is 12.3. The van der Waals surface area contributed by atoms with Gasteiger partial charge in [0.25, 0.3) is 0 Å². The molecule has 1 unspecified atom stereocenters. The molecule has 0 fully saturated rings. The van der Waals surface area contributed by atoms with Crippen molar-refractivity contribution in [1.82, 2.24) is 20.0 Å². The molecule has 0 saturated heterocycles. The van der Waals surface area contributed by atoms with Gasteiger partial charge in [-0.25, -0.2) is 9.67 Å². The standard InChI is InChI=1S/C31H24N4O3S/c1-37-28-15-9-8-14-26(28)27-20-35(34-33-27)24-16-18-25(19-17-24)39(36)21-29-32-30(22-10-4-2-5-11-22)31(38-29)23-12-6-3-7-13-23/h2-20H,21H2,1H3. The third-order valence-electron chi connectivity index (χ3n) is 6.25. The Labute approximate surface area is 228 Å². The number of hydrogen-bond donors (Lipinski definition) is 0. The Balaban J connectivity index is 1.23. The van der Waals surface area contributed by atoms with Gasteiger partial charge in [-0.1, -0.05) is 78.0 Å². The largest absolute Gasteiger partial charge is 0.496 e. The second kappa shape index (κ2) is 10.9. The molecule has 0 radical (unpaired) electrons. The first-order chi connectivity index (χ1) is 19.2. The van der Waals surface area contributed by atoms with E-state index in [1.807, 2.05) is 115 Å². The van der Waals surface area contributed by atoms with Crippen LogP contribution in [0.25, 0.3) is 39.5 Å². The number of hydrogen-bond acceptors (Lipinski definition) is 6. The molecule has 0 aliphatic rings. The molecule has 0 bridgehead atoms. The van der Waals surface area contributed by atoms with Gasteiger partial charge in [-0.05, 0) is 36.4 Å². The number of aromatic nitrogens is 4. The summed E-state index contributed by atoms with van der Waals surface area (Å²) in [7, 11) is 0.277. The summed E-state index contributed by atoms with van der Waals surface area (Å²) in [5, 5.41) is 8.56. The number of ether oxygens (including phenoxy) is 1. The molecule has 0 aliphatic heterocycles. The van der Waals surface area contributed by atoms with Crippen molar-refractivity contribution in [3.63, 3.8) is 0 Å². The lowest BCUT2D eigenvalue weighted by Crippen LogP contribution is -1.99. The predicted octanol–water partition coefficient (Wildman–Crippen LogP) is 6.57. The van der Waals surface area contributed by atoms with Crippen LogP contribution in [-0.4, -0.2) is 31.3 Å². The van der Waals surface area contributed by atoms with Crippen molar-refractivity contribution < 1.29 is 13.4 Å². The third kappa shape index (κ3) is 5.15. The summed E-state index contributed by atoms with van der Waals surface area (Å²) in [6.45, 7) is 0. The summed E-state index contributed by atoms with van der Waals surface area (Å²) in [5.41, 5.74) is 4.97. The number of para-hydroxylation sites is 1. The van der Waals surface area contributed by atoms with Gasteiger partial charge >= 0.3 is 0 Å². The van der Waals surface area contributed by atoms with E-state index in [2.05, 4.69) is 10.3 Å². The van der Waals surface area contributed by atoms with Crippen molar-refractivity contribution in [2.75, 3.05) is 7.11 Å². The van der Waals surface area contributed by atoms with E-state index < -0.39 is 10.8 Å². The number of benzene rings is 4. The summed E-state index contributed by atoms with van der Waals surface area (Å²) >= 11 is 0. The lowest BCUT2D eigenvalue weighted by molar-refractivity contribution is 0.416. The van der Waals surface area contributed by atoms with E-state index >= 15 is 0 Å². The fraction of sp³-hybridized carbons (Fsp3) is 0.0645. The molecule has 39 heavy (non-hydrogen) atoms. The second-order valence-corrected chi connectivity index (χ2v) is 10.2. The quantitative estimate of drug-likeness (QED) is 0.220. The molecule has 0 saturated carbocycles. The molecular formula is C31H24N4O3S. The van der Waals surface area contributed by atoms with Crippen molar-refractivity contribution in [2.24, 2.45) is 0 Å². The summed E-state index contributed by atoms with van der Waals surface area (Å²) in [6, 6.07) is 34.8. The molecule has 6 aromatic rings. The predicted molar refractivity (Wildman–Crippen MR) is 151 cm³/mol. The first-order valence-corrected chi connectivity index (χ1v) is 13.7. The van der Waals surface area contributed by atoms with Crippen LogP contribution in [0.3, 0.4) is 0 Å². The Morgan fingerprint density at radius 1 is 0.821 bits per heavy atom. The van der Waals surface area contributed by atoms with Crippen LogP contribution in [0.1, 0.15) is 5.89 Å². The van der Waals surface area contributed by atoms with Crippen molar-refractivity contribution in [3.8, 4) is 45.3 Å². The molecule has 2 aromatic heterocycles. The number of nitrogens with zero attached hydrogens (tertiary/aromatic N) is 4. The lowest BCUT2D eigenvalue weighted by Gasteiger charge is -2.04. The van der Waals surface area contributed by atoms with Gasteiger partial charge in [0.15, 0.2) is 5.76 Å². The van der Waals surface area contributed by atoms with Gasteiger partial charge in [0.1, 0.15) is 22.9 Å². The molecular weight excluding hydrogens is 508 g/mol. The maximum atomic E-state index is 13.3. The molecule has 192 valence electrons. The summed E-state index contributed by atoms with van der Waals surface area (Å²) in [6.07, 6.45) is 1.84. The fourth-order valence-electron chi connectivity index (χ4n) is 4.32. The Morgan fingerprint density at radius 3 is 2.21 bits per heavy atom. The van der Waals surface area contributed by atoms with Crippen molar-refractivity contribution in [1.29, 1.82) is 0 Å². The highest BCUT2D eigenvalue weighted by Gasteiger charge is 2.19. The summed E-state index contributed by atoms with van der Waals surface area (Å²) in [4.78, 5) is 5.41. The molecule has 0 aliphatic carbocycles. The average Bonchev–Trinajstić information content (AvgIpc) is 3.66. The Bertz CT molecular complexity index is 1670. The van der Waals surface area contributed by atoms with Crippen LogP contribution in [0.4, 0.5) is 0 Å². The van der Waals surface area contributed by atoms with Crippen LogP contribution in [0.15, 0.2) is 125 Å². The Hall–Kier alpha value is -4.82. The first kappa shape index (κ1) is 24.5. The maximum absolute atomic E-state index is 13.3. The highest BCUT2D eigenvalue weighted by Crippen LogP contribution is 2.33. The van der Waals surface area contributed by atoms with Crippen LogP contribution in [0, 0.1) is 0 Å². The normalized spacial score (nSPS) is 11.8. The number of oxazole rings is 1. The van der Waals surface area contributed by atoms with E-state index in [-0.39, 0.29) is 5.75 Å². The zero-order chi connectivity index (χ0) is 26.6.